The number of anilines is 1. The van der Waals surface area contributed by atoms with Crippen molar-refractivity contribution in [2.24, 2.45) is 17.4 Å². The molecule has 3 amide bonds. The van der Waals surface area contributed by atoms with Crippen LogP contribution in [-0.4, -0.2) is 52.7 Å². The lowest BCUT2D eigenvalue weighted by atomic mass is 9.90. The van der Waals surface area contributed by atoms with Crippen molar-refractivity contribution < 1.29 is 23.5 Å². The molecule has 12 heteroatoms. The number of imide groups is 1. The van der Waals surface area contributed by atoms with Gasteiger partial charge in [-0.15, -0.1) is 0 Å². The summed E-state index contributed by atoms with van der Waals surface area (Å²) in [5.41, 5.74) is 16.6. The Labute approximate surface area is 295 Å². The van der Waals surface area contributed by atoms with Gasteiger partial charge in [0.05, 0.1) is 17.0 Å². The van der Waals surface area contributed by atoms with Crippen LogP contribution >= 0.6 is 0 Å². The van der Waals surface area contributed by atoms with E-state index in [1.165, 1.54) is 11.0 Å². The molecule has 0 bridgehead atoms. The standard InChI is InChI=1S/C39H40FN7O4/c1-23-17-27(51-34-11-7-6-10-29(34)40)12-13-30(23)44-36(42)28(20-41)35(48)32-18-26-16-24(2)33(19-31(26)43-32)47-37(49)39(45-38(47)50)14-15-46(22-39)21-25-8-4-3-5-9-25/h3-13,17-19,26,43-44H,14-16,20-22,41-42H2,1-2H3,(H,45,50)/b36-28+. The lowest BCUT2D eigenvalue weighted by Crippen LogP contribution is -2.49. The van der Waals surface area contributed by atoms with E-state index < -0.39 is 17.4 Å². The largest absolute Gasteiger partial charge is 0.454 e. The molecule has 3 aliphatic heterocycles. The average molecular weight is 690 g/mol. The quantitative estimate of drug-likeness (QED) is 0.148. The van der Waals surface area contributed by atoms with Crippen molar-refractivity contribution in [3.05, 3.63) is 136 Å². The fourth-order valence-electron chi connectivity index (χ4n) is 7.17. The lowest BCUT2D eigenvalue weighted by Gasteiger charge is -2.26. The molecule has 0 radical (unpaired) electrons. The maximum Gasteiger partial charge on any atom is 0.329 e. The Kier molecular flexibility index (Phi) is 8.96. The molecule has 7 N–H and O–H groups in total. The number of hydrogen-bond donors (Lipinski definition) is 5. The number of carbonyl (C=O) groups excluding carboxylic acids is 3. The van der Waals surface area contributed by atoms with E-state index in [1.54, 1.807) is 42.5 Å². The molecule has 2 fully saturated rings. The number of benzene rings is 3. The lowest BCUT2D eigenvalue weighted by molar-refractivity contribution is -0.129. The van der Waals surface area contributed by atoms with Gasteiger partial charge in [-0.3, -0.25) is 14.5 Å². The van der Waals surface area contributed by atoms with Crippen molar-refractivity contribution >= 4 is 23.4 Å². The van der Waals surface area contributed by atoms with Gasteiger partial charge in [-0.2, -0.15) is 0 Å². The Morgan fingerprint density at radius 2 is 1.84 bits per heavy atom. The second-order valence-electron chi connectivity index (χ2n) is 13.4. The van der Waals surface area contributed by atoms with Crippen molar-refractivity contribution in [3.8, 4) is 11.5 Å². The van der Waals surface area contributed by atoms with Crippen LogP contribution in [0.5, 0.6) is 11.5 Å². The van der Waals surface area contributed by atoms with Crippen LogP contribution in [0.15, 0.2) is 119 Å². The van der Waals surface area contributed by atoms with E-state index in [-0.39, 0.29) is 41.3 Å². The van der Waals surface area contributed by atoms with E-state index in [2.05, 4.69) is 33.0 Å². The highest BCUT2D eigenvalue weighted by atomic mass is 19.1. The topological polar surface area (TPSA) is 155 Å². The summed E-state index contributed by atoms with van der Waals surface area (Å²) in [5.74, 6) is -0.599. The van der Waals surface area contributed by atoms with Crippen LogP contribution in [0.1, 0.15) is 30.9 Å². The first-order valence-corrected chi connectivity index (χ1v) is 16.9. The number of ether oxygens (including phenoxy) is 1. The van der Waals surface area contributed by atoms with Crippen LogP contribution in [0.2, 0.25) is 0 Å². The Hall–Kier alpha value is -5.72. The van der Waals surface area contributed by atoms with E-state index in [0.717, 1.165) is 16.7 Å². The van der Waals surface area contributed by atoms with E-state index in [1.807, 2.05) is 38.1 Å². The number of allylic oxidation sites excluding steroid dienone is 4. The summed E-state index contributed by atoms with van der Waals surface area (Å²) < 4.78 is 19.8. The zero-order valence-corrected chi connectivity index (χ0v) is 28.5. The molecule has 7 rings (SSSR count). The van der Waals surface area contributed by atoms with E-state index in [4.69, 9.17) is 16.2 Å². The Morgan fingerprint density at radius 1 is 1.08 bits per heavy atom. The number of fused-ring (bicyclic) bond motifs is 1. The Bertz CT molecular complexity index is 2060. The minimum absolute atomic E-state index is 0.0948. The van der Waals surface area contributed by atoms with Gasteiger partial charge in [0.15, 0.2) is 11.6 Å². The van der Waals surface area contributed by atoms with Gasteiger partial charge in [0.2, 0.25) is 5.78 Å². The van der Waals surface area contributed by atoms with Crippen LogP contribution < -0.4 is 32.2 Å². The van der Waals surface area contributed by atoms with Crippen LogP contribution in [0.3, 0.4) is 0 Å². The summed E-state index contributed by atoms with van der Waals surface area (Å²) in [6.45, 7) is 5.43. The third-order valence-electron chi connectivity index (χ3n) is 9.88. The Morgan fingerprint density at radius 3 is 2.59 bits per heavy atom. The van der Waals surface area contributed by atoms with Crippen molar-refractivity contribution in [1.29, 1.82) is 0 Å². The maximum absolute atomic E-state index is 14.1. The Balaban J connectivity index is 1.03. The molecule has 1 aliphatic carbocycles. The molecule has 11 nitrogen and oxygen atoms in total. The summed E-state index contributed by atoms with van der Waals surface area (Å²) in [7, 11) is 0. The molecule has 1 spiro atoms. The number of nitrogens with two attached hydrogens (primary N) is 2. The molecule has 2 unspecified atom stereocenters. The van der Waals surface area contributed by atoms with Gasteiger partial charge in [-0.05, 0) is 85.9 Å². The second kappa shape index (κ2) is 13.5. The monoisotopic (exact) mass is 689 g/mol. The van der Waals surface area contributed by atoms with Gasteiger partial charge in [-0.1, -0.05) is 42.5 Å². The number of rotatable bonds is 10. The highest BCUT2D eigenvalue weighted by molar-refractivity contribution is 6.10. The van der Waals surface area contributed by atoms with Crippen molar-refractivity contribution in [2.75, 3.05) is 25.0 Å². The number of nitrogens with one attached hydrogen (secondary N) is 3. The maximum atomic E-state index is 14.1. The van der Waals surface area contributed by atoms with Gasteiger partial charge in [-0.25, -0.2) is 14.1 Å². The second-order valence-corrected chi connectivity index (χ2v) is 13.4. The molecule has 4 aliphatic rings. The van der Waals surface area contributed by atoms with Gasteiger partial charge in [0.25, 0.3) is 5.91 Å². The molecule has 3 heterocycles. The summed E-state index contributed by atoms with van der Waals surface area (Å²) in [6.07, 6.45) is 4.67. The minimum Gasteiger partial charge on any atom is -0.454 e. The van der Waals surface area contributed by atoms with Crippen LogP contribution in [0.25, 0.3) is 0 Å². The number of urea groups is 1. The number of carbonyl (C=O) groups is 3. The van der Waals surface area contributed by atoms with E-state index >= 15 is 0 Å². The first-order chi connectivity index (χ1) is 24.5. The minimum atomic E-state index is -0.978. The van der Waals surface area contributed by atoms with Gasteiger partial charge in [0, 0.05) is 43.5 Å². The molecule has 0 aromatic heterocycles. The molecular weight excluding hydrogens is 649 g/mol. The number of halogens is 1. The zero-order chi connectivity index (χ0) is 35.9. The van der Waals surface area contributed by atoms with E-state index in [0.29, 0.717) is 61.0 Å². The number of ketones is 1. The number of para-hydroxylation sites is 1. The van der Waals surface area contributed by atoms with E-state index in [9.17, 15) is 18.8 Å². The normalized spacial score (nSPS) is 22.0. The number of amides is 3. The smallest absolute Gasteiger partial charge is 0.329 e. The fraction of sp³-hybridized carbons (Fsp3) is 0.256. The molecule has 2 atom stereocenters. The summed E-state index contributed by atoms with van der Waals surface area (Å²) in [5, 5.41) is 9.31. The molecule has 2 saturated heterocycles. The first kappa shape index (κ1) is 33.8. The average Bonchev–Trinajstić information content (AvgIpc) is 3.78. The molecule has 3 aromatic carbocycles. The molecular formula is C39H40FN7O4. The van der Waals surface area contributed by atoms with Gasteiger partial charge < -0.3 is 32.2 Å². The zero-order valence-electron chi connectivity index (χ0n) is 28.5. The number of aryl methyl sites for hydroxylation is 1. The first-order valence-electron chi connectivity index (χ1n) is 16.9. The summed E-state index contributed by atoms with van der Waals surface area (Å²) >= 11 is 0. The molecule has 262 valence electrons. The third-order valence-corrected chi connectivity index (χ3v) is 9.88. The van der Waals surface area contributed by atoms with Gasteiger partial charge >= 0.3 is 6.03 Å². The number of hydrogen-bond acceptors (Lipinski definition) is 9. The summed E-state index contributed by atoms with van der Waals surface area (Å²) in [6, 6.07) is 20.9. The third kappa shape index (κ3) is 6.51. The molecule has 0 saturated carbocycles. The molecule has 51 heavy (non-hydrogen) atoms. The van der Waals surface area contributed by atoms with Crippen molar-refractivity contribution in [2.45, 2.75) is 38.8 Å². The SMILES string of the molecule is CC1=C(N2C(=O)NC3(CCN(Cc4ccccc4)C3)C2=O)C=C2NC(C(=O)/C(CN)=C(\N)Nc3ccc(Oc4ccccc4F)cc3C)=CC2C1. The number of nitrogens with zero attached hydrogens (tertiary/aromatic N) is 2. The highest BCUT2D eigenvalue weighted by Gasteiger charge is 2.55. The van der Waals surface area contributed by atoms with Gasteiger partial charge in [0.1, 0.15) is 17.1 Å². The van der Waals surface area contributed by atoms with Crippen molar-refractivity contribution in [3.63, 3.8) is 0 Å². The fourth-order valence-corrected chi connectivity index (χ4v) is 7.17. The van der Waals surface area contributed by atoms with Crippen LogP contribution in [0.4, 0.5) is 14.9 Å². The predicted octanol–water partition coefficient (Wildman–Crippen LogP) is 4.90. The van der Waals surface area contributed by atoms with Crippen molar-refractivity contribution in [1.82, 2.24) is 20.4 Å². The molecule has 3 aromatic rings. The summed E-state index contributed by atoms with van der Waals surface area (Å²) in [4.78, 5) is 44.5. The number of Topliss-reactive ketones (excluding diaryl/α,β-unsaturated/α-hetero) is 1. The predicted molar refractivity (Wildman–Crippen MR) is 191 cm³/mol. The number of likely N-dealkylation sites (tertiary alicyclic amines) is 1. The van der Waals surface area contributed by atoms with Crippen LogP contribution in [0, 0.1) is 18.7 Å². The highest BCUT2D eigenvalue weighted by Crippen LogP contribution is 2.39. The van der Waals surface area contributed by atoms with Crippen LogP contribution in [-0.2, 0) is 16.1 Å².